The summed E-state index contributed by atoms with van der Waals surface area (Å²) in [7, 11) is 0. The smallest absolute Gasteiger partial charge is 0.328 e. The minimum Gasteiger partial charge on any atom is -0.394 e. The summed E-state index contributed by atoms with van der Waals surface area (Å²) in [5.74, 6) is -0.503. The summed E-state index contributed by atoms with van der Waals surface area (Å²) in [5.41, 5.74) is 0.906. The SMILES string of the molecule is O=C1CCN(c2ccccc2C(=O)N2CCC[C@H]2CO)C(=O)N1. The molecule has 4 amide bonds. The molecule has 122 valence electrons. The average Bonchev–Trinajstić information content (AvgIpc) is 3.03. The van der Waals surface area contributed by atoms with E-state index < -0.39 is 6.03 Å². The van der Waals surface area contributed by atoms with Crippen molar-refractivity contribution >= 4 is 23.5 Å². The Bertz CT molecular complexity index is 646. The number of nitrogens with one attached hydrogen (secondary N) is 1. The van der Waals surface area contributed by atoms with E-state index in [0.717, 1.165) is 12.8 Å². The molecule has 2 aliphatic heterocycles. The van der Waals surface area contributed by atoms with Crippen LogP contribution in [0.15, 0.2) is 24.3 Å². The first-order chi connectivity index (χ1) is 11.1. The first-order valence-corrected chi connectivity index (χ1v) is 7.74. The summed E-state index contributed by atoms with van der Waals surface area (Å²) in [4.78, 5) is 39.3. The molecule has 7 heteroatoms. The standard InChI is InChI=1S/C16H19N3O4/c20-10-11-4-3-8-18(11)15(22)12-5-1-2-6-13(12)19-9-7-14(21)17-16(19)23/h1-2,5-6,11,20H,3-4,7-10H2,(H,17,21,23)/t11-/m0/s1. The highest BCUT2D eigenvalue weighted by molar-refractivity contribution is 6.09. The Morgan fingerprint density at radius 2 is 2.04 bits per heavy atom. The number of carbonyl (C=O) groups is 3. The van der Waals surface area contributed by atoms with E-state index in [-0.39, 0.29) is 37.4 Å². The minimum atomic E-state index is -0.512. The van der Waals surface area contributed by atoms with Gasteiger partial charge in [0.1, 0.15) is 0 Å². The topological polar surface area (TPSA) is 90.0 Å². The van der Waals surface area contributed by atoms with Gasteiger partial charge < -0.3 is 10.0 Å². The third-order valence-electron chi connectivity index (χ3n) is 4.33. The monoisotopic (exact) mass is 317 g/mol. The molecule has 2 saturated heterocycles. The molecule has 0 aromatic heterocycles. The number of para-hydroxylation sites is 1. The number of amides is 4. The van der Waals surface area contributed by atoms with E-state index in [2.05, 4.69) is 5.32 Å². The lowest BCUT2D eigenvalue weighted by Gasteiger charge is -2.30. The van der Waals surface area contributed by atoms with Gasteiger partial charge in [-0.05, 0) is 25.0 Å². The van der Waals surface area contributed by atoms with E-state index in [1.165, 1.54) is 4.90 Å². The van der Waals surface area contributed by atoms with Crippen LogP contribution in [0.4, 0.5) is 10.5 Å². The van der Waals surface area contributed by atoms with Crippen LogP contribution in [0.1, 0.15) is 29.6 Å². The predicted octanol–water partition coefficient (Wildman–Crippen LogP) is 0.730. The van der Waals surface area contributed by atoms with Gasteiger partial charge in [-0.3, -0.25) is 19.8 Å². The van der Waals surface area contributed by atoms with Crippen LogP contribution >= 0.6 is 0 Å². The van der Waals surface area contributed by atoms with Crippen LogP contribution < -0.4 is 10.2 Å². The van der Waals surface area contributed by atoms with E-state index in [1.54, 1.807) is 29.2 Å². The second-order valence-electron chi connectivity index (χ2n) is 5.75. The Morgan fingerprint density at radius 3 is 2.78 bits per heavy atom. The number of benzene rings is 1. The molecule has 23 heavy (non-hydrogen) atoms. The number of aliphatic hydroxyl groups excluding tert-OH is 1. The van der Waals surface area contributed by atoms with Gasteiger partial charge in [0.15, 0.2) is 0 Å². The molecule has 2 N–H and O–H groups in total. The summed E-state index contributed by atoms with van der Waals surface area (Å²) in [6, 6.07) is 6.19. The molecule has 0 unspecified atom stereocenters. The number of rotatable bonds is 3. The molecule has 1 aromatic rings. The molecule has 1 aromatic carbocycles. The highest BCUT2D eigenvalue weighted by Gasteiger charge is 2.32. The zero-order valence-electron chi connectivity index (χ0n) is 12.7. The van der Waals surface area contributed by atoms with Crippen molar-refractivity contribution in [3.8, 4) is 0 Å². The first kappa shape index (κ1) is 15.5. The maximum atomic E-state index is 12.8. The van der Waals surface area contributed by atoms with Crippen LogP contribution in [-0.2, 0) is 4.79 Å². The van der Waals surface area contributed by atoms with Crippen molar-refractivity contribution in [2.45, 2.75) is 25.3 Å². The zero-order valence-corrected chi connectivity index (χ0v) is 12.7. The Balaban J connectivity index is 1.90. The molecule has 0 saturated carbocycles. The molecule has 0 aliphatic carbocycles. The molecular formula is C16H19N3O4. The highest BCUT2D eigenvalue weighted by atomic mass is 16.3. The summed E-state index contributed by atoms with van der Waals surface area (Å²) in [6.07, 6.45) is 1.85. The number of nitrogens with zero attached hydrogens (tertiary/aromatic N) is 2. The molecule has 2 heterocycles. The summed E-state index contributed by atoms with van der Waals surface area (Å²) >= 11 is 0. The second-order valence-corrected chi connectivity index (χ2v) is 5.75. The molecule has 1 atom stereocenters. The van der Waals surface area contributed by atoms with Crippen molar-refractivity contribution in [1.29, 1.82) is 0 Å². The highest BCUT2D eigenvalue weighted by Crippen LogP contribution is 2.27. The van der Waals surface area contributed by atoms with Gasteiger partial charge in [-0.1, -0.05) is 12.1 Å². The largest absolute Gasteiger partial charge is 0.394 e. The third kappa shape index (κ3) is 2.92. The van der Waals surface area contributed by atoms with Crippen LogP contribution in [0.2, 0.25) is 0 Å². The summed E-state index contributed by atoms with van der Waals surface area (Å²) in [5, 5.41) is 11.7. The van der Waals surface area contributed by atoms with Crippen molar-refractivity contribution in [2.75, 3.05) is 24.6 Å². The molecule has 3 rings (SSSR count). The van der Waals surface area contributed by atoms with Crippen molar-refractivity contribution in [3.63, 3.8) is 0 Å². The maximum Gasteiger partial charge on any atom is 0.328 e. The lowest BCUT2D eigenvalue weighted by Crippen LogP contribution is -2.50. The fourth-order valence-electron chi connectivity index (χ4n) is 3.13. The normalized spacial score (nSPS) is 21.5. The number of anilines is 1. The average molecular weight is 317 g/mol. The number of hydrogen-bond acceptors (Lipinski definition) is 4. The summed E-state index contributed by atoms with van der Waals surface area (Å²) < 4.78 is 0. The fraction of sp³-hybridized carbons (Fsp3) is 0.438. The molecule has 7 nitrogen and oxygen atoms in total. The van der Waals surface area contributed by atoms with Gasteiger partial charge in [-0.25, -0.2) is 4.79 Å². The van der Waals surface area contributed by atoms with Gasteiger partial charge in [0.2, 0.25) is 5.91 Å². The molecular weight excluding hydrogens is 298 g/mol. The van der Waals surface area contributed by atoms with Crippen LogP contribution in [-0.4, -0.2) is 53.6 Å². The molecule has 2 fully saturated rings. The Labute approximate surface area is 133 Å². The Morgan fingerprint density at radius 1 is 1.26 bits per heavy atom. The molecule has 2 aliphatic rings. The van der Waals surface area contributed by atoms with Gasteiger partial charge in [-0.2, -0.15) is 0 Å². The Kier molecular flexibility index (Phi) is 4.29. The summed E-state index contributed by atoms with van der Waals surface area (Å²) in [6.45, 7) is 0.786. The van der Waals surface area contributed by atoms with Crippen molar-refractivity contribution in [1.82, 2.24) is 10.2 Å². The quantitative estimate of drug-likeness (QED) is 0.860. The van der Waals surface area contributed by atoms with Gasteiger partial charge in [0, 0.05) is 19.5 Å². The first-order valence-electron chi connectivity index (χ1n) is 7.74. The molecule has 0 spiro atoms. The maximum absolute atomic E-state index is 12.8. The third-order valence-corrected chi connectivity index (χ3v) is 4.33. The second kappa shape index (κ2) is 6.37. The number of hydrogen-bond donors (Lipinski definition) is 2. The predicted molar refractivity (Wildman–Crippen MR) is 83.1 cm³/mol. The Hall–Kier alpha value is -2.41. The minimum absolute atomic E-state index is 0.0629. The molecule has 0 radical (unpaired) electrons. The van der Waals surface area contributed by atoms with Crippen molar-refractivity contribution < 1.29 is 19.5 Å². The zero-order chi connectivity index (χ0) is 16.4. The van der Waals surface area contributed by atoms with Crippen molar-refractivity contribution in [2.24, 2.45) is 0 Å². The number of likely N-dealkylation sites (tertiary alicyclic amines) is 1. The van der Waals surface area contributed by atoms with Gasteiger partial charge in [0.05, 0.1) is 23.9 Å². The van der Waals surface area contributed by atoms with Crippen LogP contribution in [0, 0.1) is 0 Å². The van der Waals surface area contributed by atoms with Crippen LogP contribution in [0.25, 0.3) is 0 Å². The van der Waals surface area contributed by atoms with E-state index in [9.17, 15) is 19.5 Å². The van der Waals surface area contributed by atoms with Gasteiger partial charge in [0.25, 0.3) is 5.91 Å². The lowest BCUT2D eigenvalue weighted by molar-refractivity contribution is -0.120. The van der Waals surface area contributed by atoms with Crippen LogP contribution in [0.3, 0.4) is 0 Å². The fourth-order valence-corrected chi connectivity index (χ4v) is 3.13. The van der Waals surface area contributed by atoms with Crippen molar-refractivity contribution in [3.05, 3.63) is 29.8 Å². The van der Waals surface area contributed by atoms with E-state index >= 15 is 0 Å². The van der Waals surface area contributed by atoms with E-state index in [4.69, 9.17) is 0 Å². The van der Waals surface area contributed by atoms with Gasteiger partial charge in [-0.15, -0.1) is 0 Å². The van der Waals surface area contributed by atoms with Crippen LogP contribution in [0.5, 0.6) is 0 Å². The number of imide groups is 1. The number of aliphatic hydroxyl groups is 1. The number of carbonyl (C=O) groups excluding carboxylic acids is 3. The lowest BCUT2D eigenvalue weighted by atomic mass is 10.1. The number of urea groups is 1. The van der Waals surface area contributed by atoms with Gasteiger partial charge >= 0.3 is 6.03 Å². The molecule has 0 bridgehead atoms. The van der Waals surface area contributed by atoms with E-state index in [0.29, 0.717) is 17.8 Å². The van der Waals surface area contributed by atoms with E-state index in [1.807, 2.05) is 0 Å².